The molecule has 0 fully saturated rings. The second-order valence-corrected chi connectivity index (χ2v) is 4.74. The summed E-state index contributed by atoms with van der Waals surface area (Å²) in [5, 5.41) is 14.2. The van der Waals surface area contributed by atoms with Crippen molar-refractivity contribution in [2.24, 2.45) is 5.92 Å². The third kappa shape index (κ3) is 5.29. The molecular weight excluding hydrogens is 260 g/mol. The highest BCUT2D eigenvalue weighted by Gasteiger charge is 2.24. The SMILES string of the molecule is CCC(C)[C@H](NC(=O)NCCCc1ncc[nH]1)C(=O)O. The second-order valence-electron chi connectivity index (χ2n) is 4.74. The minimum atomic E-state index is -1.01. The number of H-pyrrole nitrogens is 1. The Morgan fingerprint density at radius 1 is 1.50 bits per heavy atom. The number of nitrogens with one attached hydrogen (secondary N) is 3. The molecule has 0 aliphatic carbocycles. The molecule has 1 aromatic rings. The summed E-state index contributed by atoms with van der Waals surface area (Å²) in [6.07, 6.45) is 5.59. The van der Waals surface area contributed by atoms with Crippen LogP contribution < -0.4 is 10.6 Å². The normalized spacial score (nSPS) is 13.5. The molecule has 112 valence electrons. The summed E-state index contributed by atoms with van der Waals surface area (Å²) in [4.78, 5) is 29.8. The number of aromatic nitrogens is 2. The van der Waals surface area contributed by atoms with Gasteiger partial charge in [-0.1, -0.05) is 20.3 Å². The van der Waals surface area contributed by atoms with Gasteiger partial charge in [0.25, 0.3) is 0 Å². The van der Waals surface area contributed by atoms with Gasteiger partial charge in [0.05, 0.1) is 0 Å². The van der Waals surface area contributed by atoms with E-state index in [2.05, 4.69) is 20.6 Å². The molecule has 0 saturated heterocycles. The lowest BCUT2D eigenvalue weighted by molar-refractivity contribution is -0.140. The number of rotatable bonds is 8. The molecule has 0 bridgehead atoms. The molecule has 1 unspecified atom stereocenters. The third-order valence-corrected chi connectivity index (χ3v) is 3.20. The van der Waals surface area contributed by atoms with E-state index >= 15 is 0 Å². The van der Waals surface area contributed by atoms with Crippen molar-refractivity contribution >= 4 is 12.0 Å². The number of aryl methyl sites for hydroxylation is 1. The zero-order chi connectivity index (χ0) is 15.0. The summed E-state index contributed by atoms with van der Waals surface area (Å²) >= 11 is 0. The molecule has 0 aliphatic rings. The molecule has 4 N–H and O–H groups in total. The molecule has 0 saturated carbocycles. The average molecular weight is 282 g/mol. The van der Waals surface area contributed by atoms with Gasteiger partial charge in [-0.25, -0.2) is 14.6 Å². The van der Waals surface area contributed by atoms with Crippen molar-refractivity contribution in [1.82, 2.24) is 20.6 Å². The van der Waals surface area contributed by atoms with Crippen molar-refractivity contribution in [3.05, 3.63) is 18.2 Å². The van der Waals surface area contributed by atoms with Crippen LogP contribution in [0.2, 0.25) is 0 Å². The fourth-order valence-corrected chi connectivity index (χ4v) is 1.77. The van der Waals surface area contributed by atoms with E-state index in [9.17, 15) is 9.59 Å². The molecule has 0 spiro atoms. The Kier molecular flexibility index (Phi) is 6.55. The van der Waals surface area contributed by atoms with Gasteiger partial charge < -0.3 is 20.7 Å². The summed E-state index contributed by atoms with van der Waals surface area (Å²) in [5.74, 6) is -0.248. The zero-order valence-corrected chi connectivity index (χ0v) is 11.8. The van der Waals surface area contributed by atoms with E-state index in [1.165, 1.54) is 0 Å². The maximum absolute atomic E-state index is 11.6. The Morgan fingerprint density at radius 2 is 2.25 bits per heavy atom. The number of urea groups is 1. The number of amides is 2. The predicted molar refractivity (Wildman–Crippen MR) is 74.3 cm³/mol. The minimum Gasteiger partial charge on any atom is -0.480 e. The number of hydrogen-bond donors (Lipinski definition) is 4. The number of carbonyl (C=O) groups is 2. The summed E-state index contributed by atoms with van der Waals surface area (Å²) < 4.78 is 0. The fourth-order valence-electron chi connectivity index (χ4n) is 1.77. The largest absolute Gasteiger partial charge is 0.480 e. The topological polar surface area (TPSA) is 107 Å². The molecule has 2 amide bonds. The lowest BCUT2D eigenvalue weighted by atomic mass is 9.99. The molecule has 2 atom stereocenters. The predicted octanol–water partition coefficient (Wildman–Crippen LogP) is 1.14. The second kappa shape index (κ2) is 8.19. The maximum Gasteiger partial charge on any atom is 0.326 e. The fraction of sp³-hybridized carbons (Fsp3) is 0.615. The van der Waals surface area contributed by atoms with E-state index in [1.807, 2.05) is 6.92 Å². The van der Waals surface area contributed by atoms with Gasteiger partial charge in [-0.05, 0) is 12.3 Å². The first-order chi connectivity index (χ1) is 9.54. The first kappa shape index (κ1) is 16.0. The Balaban J connectivity index is 2.26. The summed E-state index contributed by atoms with van der Waals surface area (Å²) in [7, 11) is 0. The standard InChI is InChI=1S/C13H22N4O3/c1-3-9(2)11(12(18)19)17-13(20)16-6-4-5-10-14-7-8-15-10/h7-9,11H,3-6H2,1-2H3,(H,14,15)(H,18,19)(H2,16,17,20)/t9?,11-/m0/s1. The average Bonchev–Trinajstić information content (AvgIpc) is 2.93. The number of carboxylic acids is 1. The van der Waals surface area contributed by atoms with Crippen molar-refractivity contribution in [2.45, 2.75) is 39.2 Å². The molecular formula is C13H22N4O3. The van der Waals surface area contributed by atoms with Crippen LogP contribution in [-0.2, 0) is 11.2 Å². The molecule has 0 aliphatic heterocycles. The van der Waals surface area contributed by atoms with Crippen molar-refractivity contribution < 1.29 is 14.7 Å². The van der Waals surface area contributed by atoms with Gasteiger partial charge >= 0.3 is 12.0 Å². The molecule has 1 aromatic heterocycles. The van der Waals surface area contributed by atoms with Crippen LogP contribution in [0.15, 0.2) is 12.4 Å². The molecule has 7 heteroatoms. The number of hydrogen-bond acceptors (Lipinski definition) is 3. The lowest BCUT2D eigenvalue weighted by Gasteiger charge is -2.20. The monoisotopic (exact) mass is 282 g/mol. The van der Waals surface area contributed by atoms with E-state index in [0.717, 1.165) is 18.7 Å². The van der Waals surface area contributed by atoms with E-state index in [1.54, 1.807) is 19.3 Å². The van der Waals surface area contributed by atoms with Gasteiger partial charge in [0, 0.05) is 25.4 Å². The Hall–Kier alpha value is -2.05. The Bertz CT molecular complexity index is 419. The number of nitrogens with zero attached hydrogens (tertiary/aromatic N) is 1. The van der Waals surface area contributed by atoms with Gasteiger partial charge in [0.1, 0.15) is 11.9 Å². The molecule has 0 aromatic carbocycles. The van der Waals surface area contributed by atoms with E-state index < -0.39 is 18.0 Å². The van der Waals surface area contributed by atoms with Crippen molar-refractivity contribution in [1.29, 1.82) is 0 Å². The summed E-state index contributed by atoms with van der Waals surface area (Å²) in [6, 6.07) is -1.30. The Morgan fingerprint density at radius 3 is 2.80 bits per heavy atom. The van der Waals surface area contributed by atoms with Gasteiger partial charge in [-0.15, -0.1) is 0 Å². The highest BCUT2D eigenvalue weighted by atomic mass is 16.4. The Labute approximate surface area is 118 Å². The summed E-state index contributed by atoms with van der Waals surface area (Å²) in [5.41, 5.74) is 0. The lowest BCUT2D eigenvalue weighted by Crippen LogP contribution is -2.49. The van der Waals surface area contributed by atoms with Gasteiger partial charge in [0.2, 0.25) is 0 Å². The first-order valence-electron chi connectivity index (χ1n) is 6.80. The number of imidazole rings is 1. The highest BCUT2D eigenvalue weighted by molar-refractivity contribution is 5.82. The smallest absolute Gasteiger partial charge is 0.326 e. The third-order valence-electron chi connectivity index (χ3n) is 3.20. The quantitative estimate of drug-likeness (QED) is 0.536. The van der Waals surface area contributed by atoms with E-state index in [-0.39, 0.29) is 5.92 Å². The maximum atomic E-state index is 11.6. The van der Waals surface area contributed by atoms with Crippen LogP contribution >= 0.6 is 0 Å². The minimum absolute atomic E-state index is 0.110. The van der Waals surface area contributed by atoms with Crippen molar-refractivity contribution in [2.75, 3.05) is 6.54 Å². The first-order valence-corrected chi connectivity index (χ1v) is 6.80. The molecule has 0 radical (unpaired) electrons. The van der Waals surface area contributed by atoms with Crippen LogP contribution in [0.25, 0.3) is 0 Å². The van der Waals surface area contributed by atoms with Crippen LogP contribution in [0, 0.1) is 5.92 Å². The van der Waals surface area contributed by atoms with Crippen LogP contribution in [0.5, 0.6) is 0 Å². The summed E-state index contributed by atoms with van der Waals surface area (Å²) in [6.45, 7) is 4.17. The molecule has 7 nitrogen and oxygen atoms in total. The molecule has 1 heterocycles. The molecule has 1 rings (SSSR count). The van der Waals surface area contributed by atoms with Crippen molar-refractivity contribution in [3.63, 3.8) is 0 Å². The van der Waals surface area contributed by atoms with Crippen molar-refractivity contribution in [3.8, 4) is 0 Å². The molecule has 20 heavy (non-hydrogen) atoms. The van der Waals surface area contributed by atoms with E-state index in [4.69, 9.17) is 5.11 Å². The number of aromatic amines is 1. The van der Waals surface area contributed by atoms with Crippen LogP contribution in [0.3, 0.4) is 0 Å². The van der Waals surface area contributed by atoms with Crippen LogP contribution in [-0.4, -0.2) is 39.7 Å². The van der Waals surface area contributed by atoms with Crippen LogP contribution in [0.4, 0.5) is 4.79 Å². The highest BCUT2D eigenvalue weighted by Crippen LogP contribution is 2.07. The zero-order valence-electron chi connectivity index (χ0n) is 11.8. The number of carbonyl (C=O) groups excluding carboxylic acids is 1. The van der Waals surface area contributed by atoms with Crippen LogP contribution in [0.1, 0.15) is 32.5 Å². The van der Waals surface area contributed by atoms with Gasteiger partial charge in [-0.2, -0.15) is 0 Å². The van der Waals surface area contributed by atoms with Gasteiger partial charge in [0.15, 0.2) is 0 Å². The van der Waals surface area contributed by atoms with E-state index in [0.29, 0.717) is 13.0 Å². The van der Waals surface area contributed by atoms with Gasteiger partial charge in [-0.3, -0.25) is 0 Å². The number of carboxylic acid groups (broad SMARTS) is 1. The number of aliphatic carboxylic acids is 1.